The van der Waals surface area contributed by atoms with E-state index in [0.29, 0.717) is 21.4 Å². The van der Waals surface area contributed by atoms with Gasteiger partial charge in [0, 0.05) is 36.1 Å². The number of carbonyl (C=O) groups excluding carboxylic acids is 2. The molecule has 1 fully saturated rings. The summed E-state index contributed by atoms with van der Waals surface area (Å²) in [4.78, 5) is 31.7. The molecule has 3 aromatic rings. The second-order valence-corrected chi connectivity index (χ2v) is 9.33. The Hall–Kier alpha value is -2.45. The number of nitrogens with one attached hydrogen (secondary N) is 2. The minimum Gasteiger partial charge on any atom is -0.348 e. The van der Waals surface area contributed by atoms with E-state index in [1.807, 2.05) is 6.07 Å². The molecule has 166 valence electrons. The van der Waals surface area contributed by atoms with Crippen LogP contribution in [-0.2, 0) is 6.54 Å². The zero-order chi connectivity index (χ0) is 22.5. The van der Waals surface area contributed by atoms with Gasteiger partial charge in [-0.2, -0.15) is 0 Å². The van der Waals surface area contributed by atoms with E-state index in [9.17, 15) is 9.59 Å². The predicted molar refractivity (Wildman–Crippen MR) is 129 cm³/mol. The minimum absolute atomic E-state index is 0.113. The van der Waals surface area contributed by atoms with Gasteiger partial charge in [0.15, 0.2) is 5.13 Å². The van der Waals surface area contributed by atoms with Gasteiger partial charge in [0.2, 0.25) is 0 Å². The smallest absolute Gasteiger partial charge is 0.271 e. The lowest BCUT2D eigenvalue weighted by molar-refractivity contribution is 0.0903. The van der Waals surface area contributed by atoms with Crippen molar-refractivity contribution in [3.63, 3.8) is 0 Å². The van der Waals surface area contributed by atoms with Crippen LogP contribution in [0.25, 0.3) is 0 Å². The van der Waals surface area contributed by atoms with Crippen LogP contribution in [0.5, 0.6) is 0 Å². The van der Waals surface area contributed by atoms with E-state index < -0.39 is 5.91 Å². The van der Waals surface area contributed by atoms with E-state index in [-0.39, 0.29) is 17.0 Å². The number of hydrogen-bond acceptors (Lipinski definition) is 5. The summed E-state index contributed by atoms with van der Waals surface area (Å²) in [5.41, 5.74) is 1.88. The molecule has 1 saturated heterocycles. The van der Waals surface area contributed by atoms with Gasteiger partial charge in [-0.15, -0.1) is 11.3 Å². The van der Waals surface area contributed by atoms with Crippen molar-refractivity contribution in [2.45, 2.75) is 25.4 Å². The molecule has 0 unspecified atom stereocenters. The molecule has 2 aromatic carbocycles. The molecule has 9 heteroatoms. The monoisotopic (exact) mass is 488 g/mol. The number of likely N-dealkylation sites (tertiary alicyclic amines) is 1. The highest BCUT2D eigenvalue weighted by Crippen LogP contribution is 2.23. The van der Waals surface area contributed by atoms with Gasteiger partial charge in [0.1, 0.15) is 5.69 Å². The largest absolute Gasteiger partial charge is 0.348 e. The highest BCUT2D eigenvalue weighted by Gasteiger charge is 2.22. The molecule has 1 aliphatic rings. The van der Waals surface area contributed by atoms with Crippen molar-refractivity contribution in [3.8, 4) is 0 Å². The Bertz CT molecular complexity index is 1100. The van der Waals surface area contributed by atoms with Crippen molar-refractivity contribution in [2.75, 3.05) is 18.4 Å². The summed E-state index contributed by atoms with van der Waals surface area (Å²) in [6, 6.07) is 15.1. The topological polar surface area (TPSA) is 74.3 Å². The Labute approximate surface area is 200 Å². The summed E-state index contributed by atoms with van der Waals surface area (Å²) < 4.78 is 0. The summed E-state index contributed by atoms with van der Waals surface area (Å²) in [5, 5.41) is 8.42. The summed E-state index contributed by atoms with van der Waals surface area (Å²) in [5.74, 6) is -0.633. The number of halogens is 2. The number of piperidine rings is 1. The number of nitrogens with zero attached hydrogens (tertiary/aromatic N) is 2. The third kappa shape index (κ3) is 5.86. The third-order valence-electron chi connectivity index (χ3n) is 5.30. The number of rotatable bonds is 6. The highest BCUT2D eigenvalue weighted by molar-refractivity contribution is 7.14. The lowest BCUT2D eigenvalue weighted by Gasteiger charge is -2.32. The van der Waals surface area contributed by atoms with Crippen molar-refractivity contribution >= 4 is 51.5 Å². The summed E-state index contributed by atoms with van der Waals surface area (Å²) in [6.45, 7) is 2.79. The van der Waals surface area contributed by atoms with Gasteiger partial charge < -0.3 is 5.32 Å². The molecule has 0 atom stereocenters. The van der Waals surface area contributed by atoms with E-state index >= 15 is 0 Å². The maximum absolute atomic E-state index is 12.6. The van der Waals surface area contributed by atoms with E-state index in [1.54, 1.807) is 17.5 Å². The zero-order valence-electron chi connectivity index (χ0n) is 17.2. The standard InChI is InChI=1S/C23H22Cl2N4O2S/c24-16-6-7-18(19(25)12-16)21(30)28-23-27-20(14-32-23)22(31)26-17-8-10-29(11-9-17)13-15-4-2-1-3-5-15/h1-7,12,14,17H,8-11,13H2,(H,26,31)(H,27,28,30). The number of carbonyl (C=O) groups is 2. The first kappa shape index (κ1) is 22.7. The van der Waals surface area contributed by atoms with Crippen molar-refractivity contribution in [3.05, 3.63) is 80.8 Å². The first-order valence-electron chi connectivity index (χ1n) is 10.3. The number of thiazole rings is 1. The van der Waals surface area contributed by atoms with Gasteiger partial charge in [-0.25, -0.2) is 4.98 Å². The fourth-order valence-corrected chi connectivity index (χ4v) is 4.79. The van der Waals surface area contributed by atoms with Crippen LogP contribution < -0.4 is 10.6 Å². The molecule has 2 N–H and O–H groups in total. The molecule has 6 nitrogen and oxygen atoms in total. The Morgan fingerprint density at radius 3 is 2.53 bits per heavy atom. The van der Waals surface area contributed by atoms with Crippen LogP contribution in [0.15, 0.2) is 53.9 Å². The van der Waals surface area contributed by atoms with E-state index in [0.717, 1.165) is 32.5 Å². The van der Waals surface area contributed by atoms with Gasteiger partial charge in [0.05, 0.1) is 10.6 Å². The van der Waals surface area contributed by atoms with Crippen LogP contribution >= 0.6 is 34.5 Å². The Balaban J connectivity index is 1.27. The summed E-state index contributed by atoms with van der Waals surface area (Å²) in [6.07, 6.45) is 1.78. The molecule has 0 bridgehead atoms. The van der Waals surface area contributed by atoms with Crippen LogP contribution in [0, 0.1) is 0 Å². The lowest BCUT2D eigenvalue weighted by atomic mass is 10.0. The molecule has 4 rings (SSSR count). The van der Waals surface area contributed by atoms with Crippen LogP contribution in [-0.4, -0.2) is 40.8 Å². The Morgan fingerprint density at radius 1 is 1.06 bits per heavy atom. The average Bonchev–Trinajstić information content (AvgIpc) is 3.24. The minimum atomic E-state index is -0.404. The molecule has 1 aromatic heterocycles. The van der Waals surface area contributed by atoms with Crippen molar-refractivity contribution < 1.29 is 9.59 Å². The molecule has 2 heterocycles. The molecule has 32 heavy (non-hydrogen) atoms. The van der Waals surface area contributed by atoms with E-state index in [4.69, 9.17) is 23.2 Å². The van der Waals surface area contributed by atoms with Crippen LogP contribution in [0.4, 0.5) is 5.13 Å². The van der Waals surface area contributed by atoms with Crippen LogP contribution in [0.3, 0.4) is 0 Å². The first-order valence-corrected chi connectivity index (χ1v) is 11.9. The summed E-state index contributed by atoms with van der Waals surface area (Å²) >= 11 is 13.1. The van der Waals surface area contributed by atoms with Crippen molar-refractivity contribution in [1.29, 1.82) is 0 Å². The zero-order valence-corrected chi connectivity index (χ0v) is 19.5. The molecular weight excluding hydrogens is 467 g/mol. The quantitative estimate of drug-likeness (QED) is 0.506. The van der Waals surface area contributed by atoms with Crippen molar-refractivity contribution in [1.82, 2.24) is 15.2 Å². The normalized spacial score (nSPS) is 14.8. The molecule has 0 radical (unpaired) electrons. The second-order valence-electron chi connectivity index (χ2n) is 7.63. The Kier molecular flexibility index (Phi) is 7.42. The molecule has 0 saturated carbocycles. The number of benzene rings is 2. The lowest BCUT2D eigenvalue weighted by Crippen LogP contribution is -2.44. The molecular formula is C23H22Cl2N4O2S. The van der Waals surface area contributed by atoms with Crippen molar-refractivity contribution in [2.24, 2.45) is 0 Å². The van der Waals surface area contributed by atoms with Gasteiger partial charge in [0.25, 0.3) is 11.8 Å². The van der Waals surface area contributed by atoms with Gasteiger partial charge in [-0.05, 0) is 36.6 Å². The maximum atomic E-state index is 12.6. The second kappa shape index (κ2) is 10.4. The number of amides is 2. The molecule has 0 aliphatic carbocycles. The maximum Gasteiger partial charge on any atom is 0.271 e. The highest BCUT2D eigenvalue weighted by atomic mass is 35.5. The SMILES string of the molecule is O=C(NC1CCN(Cc2ccccc2)CC1)c1csc(NC(=O)c2ccc(Cl)cc2Cl)n1. The number of anilines is 1. The van der Waals surface area contributed by atoms with E-state index in [2.05, 4.69) is 44.8 Å². The fraction of sp³-hybridized carbons (Fsp3) is 0.261. The average molecular weight is 489 g/mol. The molecule has 1 aliphatic heterocycles. The fourth-order valence-electron chi connectivity index (χ4n) is 3.61. The first-order chi connectivity index (χ1) is 15.5. The van der Waals surface area contributed by atoms with Gasteiger partial charge in [-0.1, -0.05) is 53.5 Å². The molecule has 0 spiro atoms. The van der Waals surface area contributed by atoms with E-state index in [1.165, 1.54) is 23.0 Å². The third-order valence-corrected chi connectivity index (χ3v) is 6.61. The molecule has 2 amide bonds. The van der Waals surface area contributed by atoms with Gasteiger partial charge in [-0.3, -0.25) is 19.8 Å². The predicted octanol–water partition coefficient (Wildman–Crippen LogP) is 5.10. The van der Waals surface area contributed by atoms with Crippen LogP contribution in [0.1, 0.15) is 39.3 Å². The van der Waals surface area contributed by atoms with Crippen LogP contribution in [0.2, 0.25) is 10.0 Å². The Morgan fingerprint density at radius 2 is 1.81 bits per heavy atom. The van der Waals surface area contributed by atoms with Gasteiger partial charge >= 0.3 is 0 Å². The number of aromatic nitrogens is 1. The summed E-state index contributed by atoms with van der Waals surface area (Å²) in [7, 11) is 0. The number of hydrogen-bond donors (Lipinski definition) is 2.